The molecule has 0 aromatic carbocycles. The molecule has 0 saturated heterocycles. The molecule has 1 heterocycles. The number of aromatic nitrogens is 1. The van der Waals surface area contributed by atoms with Crippen LogP contribution in [0.5, 0.6) is 5.88 Å². The third-order valence-corrected chi connectivity index (χ3v) is 2.50. The van der Waals surface area contributed by atoms with Crippen molar-refractivity contribution in [1.29, 1.82) is 0 Å². The Bertz CT molecular complexity index is 522. The summed E-state index contributed by atoms with van der Waals surface area (Å²) >= 11 is 6.36. The first kappa shape index (κ1) is 14.9. The van der Waals surface area contributed by atoms with Gasteiger partial charge in [-0.25, -0.2) is 0 Å². The van der Waals surface area contributed by atoms with Crippen LogP contribution in [0.25, 0.3) is 0 Å². The maximum atomic E-state index is 11.9. The Morgan fingerprint density at radius 3 is 2.50 bits per heavy atom. The average molecular weight is 396 g/mol. The Kier molecular flexibility index (Phi) is 4.32. The molecule has 0 N–H and O–H groups in total. The third kappa shape index (κ3) is 3.66. The lowest BCUT2D eigenvalue weighted by Gasteiger charge is -2.09. The molecule has 6 nitrogen and oxygen atoms in total. The predicted molar refractivity (Wildman–Crippen MR) is 60.5 cm³/mol. The first-order chi connectivity index (χ1) is 8.11. The second kappa shape index (κ2) is 5.22. The van der Waals surface area contributed by atoms with Crippen LogP contribution in [0.2, 0.25) is 0 Å². The van der Waals surface area contributed by atoms with Crippen molar-refractivity contribution in [3.8, 4) is 5.88 Å². The van der Waals surface area contributed by atoms with Gasteiger partial charge in [0.2, 0.25) is 5.88 Å². The molecule has 0 amide bonds. The summed E-state index contributed by atoms with van der Waals surface area (Å²) in [6.45, 7) is 0. The Hall–Kier alpha value is -1.17. The van der Waals surface area contributed by atoms with Gasteiger partial charge >= 0.3 is 12.0 Å². The SMILES string of the molecule is O=C(Cl)c1cc(OC(F)(F)F)nc(I)c1[N+](=O)[O-]. The van der Waals surface area contributed by atoms with Crippen LogP contribution in [0, 0.1) is 13.8 Å². The van der Waals surface area contributed by atoms with Gasteiger partial charge in [0.25, 0.3) is 5.24 Å². The van der Waals surface area contributed by atoms with Gasteiger partial charge in [0.15, 0.2) is 3.70 Å². The highest BCUT2D eigenvalue weighted by atomic mass is 127. The maximum absolute atomic E-state index is 11.9. The largest absolute Gasteiger partial charge is 0.574 e. The van der Waals surface area contributed by atoms with Crippen LogP contribution in [-0.4, -0.2) is 21.5 Å². The number of halogens is 5. The standard InChI is InChI=1S/C7HClF3IN2O4/c8-5(15)2-1-3(18-7(9,10)11)13-6(12)4(2)14(16)17/h1H. The van der Waals surface area contributed by atoms with E-state index < -0.39 is 37.4 Å². The van der Waals surface area contributed by atoms with Gasteiger partial charge in [0.05, 0.1) is 4.92 Å². The summed E-state index contributed by atoms with van der Waals surface area (Å²) in [5, 5.41) is 9.35. The van der Waals surface area contributed by atoms with E-state index in [0.717, 1.165) is 0 Å². The number of carbonyl (C=O) groups excluding carboxylic acids is 1. The minimum Gasteiger partial charge on any atom is -0.388 e. The number of carbonyl (C=O) groups is 1. The van der Waals surface area contributed by atoms with Crippen molar-refractivity contribution in [2.24, 2.45) is 0 Å². The minimum atomic E-state index is -5.03. The Labute approximate surface area is 115 Å². The van der Waals surface area contributed by atoms with Crippen LogP contribution in [0.4, 0.5) is 18.9 Å². The van der Waals surface area contributed by atoms with Crippen LogP contribution in [-0.2, 0) is 0 Å². The molecule has 0 aliphatic carbocycles. The van der Waals surface area contributed by atoms with Crippen molar-refractivity contribution < 1.29 is 27.6 Å². The second-order valence-electron chi connectivity index (χ2n) is 2.73. The zero-order valence-corrected chi connectivity index (χ0v) is 10.9. The van der Waals surface area contributed by atoms with E-state index in [1.807, 2.05) is 0 Å². The van der Waals surface area contributed by atoms with Gasteiger partial charge in [-0.3, -0.25) is 14.9 Å². The number of ether oxygens (including phenoxy) is 1. The Morgan fingerprint density at radius 2 is 2.11 bits per heavy atom. The number of hydrogen-bond acceptors (Lipinski definition) is 5. The molecule has 0 radical (unpaired) electrons. The molecule has 1 rings (SSSR count). The van der Waals surface area contributed by atoms with Crippen molar-refractivity contribution in [2.45, 2.75) is 6.36 Å². The fourth-order valence-corrected chi connectivity index (χ4v) is 1.85. The molecule has 0 aliphatic rings. The van der Waals surface area contributed by atoms with Gasteiger partial charge in [-0.2, -0.15) is 4.98 Å². The van der Waals surface area contributed by atoms with Crippen molar-refractivity contribution >= 4 is 45.1 Å². The monoisotopic (exact) mass is 396 g/mol. The maximum Gasteiger partial charge on any atom is 0.574 e. The quantitative estimate of drug-likeness (QED) is 0.258. The molecule has 0 aliphatic heterocycles. The van der Waals surface area contributed by atoms with Crippen molar-refractivity contribution in [1.82, 2.24) is 4.98 Å². The molecule has 0 atom stereocenters. The van der Waals surface area contributed by atoms with E-state index >= 15 is 0 Å². The summed E-state index contributed by atoms with van der Waals surface area (Å²) in [6, 6.07) is 0.461. The molecule has 1 aromatic rings. The van der Waals surface area contributed by atoms with Gasteiger partial charge in [0.1, 0.15) is 5.56 Å². The number of nitrogens with zero attached hydrogens (tertiary/aromatic N) is 2. The normalized spacial score (nSPS) is 11.2. The van der Waals surface area contributed by atoms with Crippen LogP contribution in [0.1, 0.15) is 10.4 Å². The molecule has 0 unspecified atom stereocenters. The van der Waals surface area contributed by atoms with Crippen LogP contribution >= 0.6 is 34.2 Å². The molecule has 0 fully saturated rings. The fraction of sp³-hybridized carbons (Fsp3) is 0.143. The van der Waals surface area contributed by atoms with E-state index in [0.29, 0.717) is 6.07 Å². The lowest BCUT2D eigenvalue weighted by atomic mass is 10.2. The van der Waals surface area contributed by atoms with E-state index in [1.165, 1.54) is 22.6 Å². The molecular weight excluding hydrogens is 395 g/mol. The summed E-state index contributed by atoms with van der Waals surface area (Å²) in [5.41, 5.74) is -1.49. The number of alkyl halides is 3. The van der Waals surface area contributed by atoms with E-state index in [2.05, 4.69) is 9.72 Å². The molecule has 0 spiro atoms. The van der Waals surface area contributed by atoms with Gasteiger partial charge in [-0.05, 0) is 34.2 Å². The molecule has 18 heavy (non-hydrogen) atoms. The number of pyridine rings is 1. The summed E-state index contributed by atoms with van der Waals surface area (Å²) < 4.78 is 38.9. The van der Waals surface area contributed by atoms with Crippen molar-refractivity contribution in [3.63, 3.8) is 0 Å². The highest BCUT2D eigenvalue weighted by Crippen LogP contribution is 2.31. The van der Waals surface area contributed by atoms with E-state index in [1.54, 1.807) is 0 Å². The summed E-state index contributed by atoms with van der Waals surface area (Å²) in [4.78, 5) is 23.8. The summed E-state index contributed by atoms with van der Waals surface area (Å²) in [7, 11) is 0. The second-order valence-corrected chi connectivity index (χ2v) is 4.09. The number of nitro groups is 1. The third-order valence-electron chi connectivity index (χ3n) is 1.54. The Balaban J connectivity index is 3.37. The molecule has 0 saturated carbocycles. The van der Waals surface area contributed by atoms with E-state index in [4.69, 9.17) is 11.6 Å². The summed E-state index contributed by atoms with van der Waals surface area (Å²) in [6.07, 6.45) is -5.03. The van der Waals surface area contributed by atoms with Crippen molar-refractivity contribution in [2.75, 3.05) is 0 Å². The fourth-order valence-electron chi connectivity index (χ4n) is 0.979. The number of hydrogen-bond donors (Lipinski definition) is 0. The molecule has 11 heteroatoms. The topological polar surface area (TPSA) is 82.3 Å². The van der Waals surface area contributed by atoms with Gasteiger partial charge in [0, 0.05) is 6.07 Å². The van der Waals surface area contributed by atoms with E-state index in [9.17, 15) is 28.1 Å². The van der Waals surface area contributed by atoms with E-state index in [-0.39, 0.29) is 0 Å². The average Bonchev–Trinajstić information content (AvgIpc) is 2.12. The van der Waals surface area contributed by atoms with Gasteiger partial charge in [-0.15, -0.1) is 13.2 Å². The van der Waals surface area contributed by atoms with Crippen LogP contribution in [0.15, 0.2) is 6.07 Å². The van der Waals surface area contributed by atoms with Gasteiger partial charge < -0.3 is 4.74 Å². The lowest BCUT2D eigenvalue weighted by Crippen LogP contribution is -2.19. The lowest BCUT2D eigenvalue weighted by molar-refractivity contribution is -0.386. The number of rotatable bonds is 3. The predicted octanol–water partition coefficient (Wildman–Crippen LogP) is 2.87. The molecule has 1 aromatic heterocycles. The van der Waals surface area contributed by atoms with Crippen LogP contribution < -0.4 is 4.74 Å². The van der Waals surface area contributed by atoms with Gasteiger partial charge in [-0.1, -0.05) is 0 Å². The minimum absolute atomic E-state index is 0.441. The van der Waals surface area contributed by atoms with Crippen LogP contribution in [0.3, 0.4) is 0 Å². The molecular formula is C7HClF3IN2O4. The summed E-state index contributed by atoms with van der Waals surface area (Å²) in [5.74, 6) is -0.999. The molecule has 0 bridgehead atoms. The first-order valence-electron chi connectivity index (χ1n) is 3.92. The van der Waals surface area contributed by atoms with Crippen molar-refractivity contribution in [3.05, 3.63) is 25.4 Å². The highest BCUT2D eigenvalue weighted by Gasteiger charge is 2.34. The Morgan fingerprint density at radius 1 is 1.56 bits per heavy atom. The zero-order valence-electron chi connectivity index (χ0n) is 7.99. The molecule has 98 valence electrons. The first-order valence-corrected chi connectivity index (χ1v) is 5.38. The highest BCUT2D eigenvalue weighted by molar-refractivity contribution is 14.1. The smallest absolute Gasteiger partial charge is 0.388 e. The zero-order chi connectivity index (χ0) is 14.1.